The van der Waals surface area contributed by atoms with Crippen LogP contribution in [0.1, 0.15) is 23.2 Å². The van der Waals surface area contributed by atoms with Crippen molar-refractivity contribution in [3.05, 3.63) is 23.8 Å². The summed E-state index contributed by atoms with van der Waals surface area (Å²) in [6, 6.07) is 6.88. The maximum absolute atomic E-state index is 12.4. The number of nitrogens with zero attached hydrogens (tertiary/aromatic N) is 2. The number of amides is 1. The molecule has 0 spiro atoms. The van der Waals surface area contributed by atoms with Crippen molar-refractivity contribution >= 4 is 5.91 Å². The van der Waals surface area contributed by atoms with Gasteiger partial charge in [0.15, 0.2) is 11.5 Å². The third-order valence-electron chi connectivity index (χ3n) is 3.29. The van der Waals surface area contributed by atoms with Crippen molar-refractivity contribution in [3.63, 3.8) is 0 Å². The Morgan fingerprint density at radius 1 is 1.37 bits per heavy atom. The van der Waals surface area contributed by atoms with Gasteiger partial charge in [-0.15, -0.1) is 0 Å². The Bertz CT molecular complexity index is 522. The highest BCUT2D eigenvalue weighted by Crippen LogP contribution is 2.29. The zero-order chi connectivity index (χ0) is 13.8. The van der Waals surface area contributed by atoms with Crippen LogP contribution < -0.4 is 9.47 Å². The Kier molecular flexibility index (Phi) is 3.91. The summed E-state index contributed by atoms with van der Waals surface area (Å²) in [5.41, 5.74) is 0.514. The minimum atomic E-state index is -0.319. The molecule has 1 saturated heterocycles. The maximum atomic E-state index is 12.4. The number of ether oxygens (including phenoxy) is 2. The molecule has 1 atom stereocenters. The van der Waals surface area contributed by atoms with Gasteiger partial charge in [0.1, 0.15) is 6.04 Å². The normalized spacial score (nSPS) is 17.9. The zero-order valence-electron chi connectivity index (χ0n) is 11.0. The molecule has 0 bridgehead atoms. The monoisotopic (exact) mass is 260 g/mol. The summed E-state index contributed by atoms with van der Waals surface area (Å²) in [5.74, 6) is 0.961. The highest BCUT2D eigenvalue weighted by molar-refractivity contribution is 5.95. The van der Waals surface area contributed by atoms with E-state index in [9.17, 15) is 4.79 Å². The summed E-state index contributed by atoms with van der Waals surface area (Å²) in [5, 5.41) is 9.03. The van der Waals surface area contributed by atoms with E-state index in [1.807, 2.05) is 0 Å². The third-order valence-corrected chi connectivity index (χ3v) is 3.29. The van der Waals surface area contributed by atoms with Crippen molar-refractivity contribution < 1.29 is 14.3 Å². The number of hydrogen-bond acceptors (Lipinski definition) is 4. The van der Waals surface area contributed by atoms with Crippen molar-refractivity contribution in [2.75, 3.05) is 20.8 Å². The van der Waals surface area contributed by atoms with E-state index in [1.54, 1.807) is 30.2 Å². The average molecular weight is 260 g/mol. The van der Waals surface area contributed by atoms with Crippen LogP contribution in [0.4, 0.5) is 0 Å². The average Bonchev–Trinajstić information content (AvgIpc) is 2.94. The van der Waals surface area contributed by atoms with Crippen LogP contribution in [0.2, 0.25) is 0 Å². The molecule has 0 N–H and O–H groups in total. The molecule has 5 heteroatoms. The smallest absolute Gasteiger partial charge is 0.255 e. The molecule has 100 valence electrons. The molecule has 5 nitrogen and oxygen atoms in total. The molecule has 2 rings (SSSR count). The third kappa shape index (κ3) is 2.48. The van der Waals surface area contributed by atoms with E-state index >= 15 is 0 Å². The number of hydrogen-bond donors (Lipinski definition) is 0. The Hall–Kier alpha value is -2.22. The number of carbonyl (C=O) groups excluding carboxylic acids is 1. The van der Waals surface area contributed by atoms with Gasteiger partial charge in [0.2, 0.25) is 0 Å². The van der Waals surface area contributed by atoms with Crippen molar-refractivity contribution in [1.29, 1.82) is 5.26 Å². The summed E-state index contributed by atoms with van der Waals surface area (Å²) >= 11 is 0. The second-order valence-corrected chi connectivity index (χ2v) is 4.36. The molecule has 1 fully saturated rings. The van der Waals surface area contributed by atoms with Gasteiger partial charge in [0.25, 0.3) is 5.91 Å². The van der Waals surface area contributed by atoms with Gasteiger partial charge in [0.05, 0.1) is 20.3 Å². The van der Waals surface area contributed by atoms with Gasteiger partial charge in [-0.25, -0.2) is 0 Å². The summed E-state index contributed by atoms with van der Waals surface area (Å²) in [7, 11) is 3.07. The first-order chi connectivity index (χ1) is 9.21. The predicted octanol–water partition coefficient (Wildman–Crippen LogP) is 1.83. The fourth-order valence-electron chi connectivity index (χ4n) is 2.28. The second kappa shape index (κ2) is 5.61. The highest BCUT2D eigenvalue weighted by atomic mass is 16.5. The Balaban J connectivity index is 2.27. The van der Waals surface area contributed by atoms with Crippen LogP contribution in [0, 0.1) is 11.3 Å². The Labute approximate surface area is 112 Å². The van der Waals surface area contributed by atoms with Crippen LogP contribution in [-0.2, 0) is 0 Å². The van der Waals surface area contributed by atoms with Crippen molar-refractivity contribution in [3.8, 4) is 17.6 Å². The number of methoxy groups -OCH3 is 2. The molecule has 1 unspecified atom stereocenters. The topological polar surface area (TPSA) is 62.6 Å². The Morgan fingerprint density at radius 2 is 2.11 bits per heavy atom. The zero-order valence-corrected chi connectivity index (χ0v) is 11.0. The number of rotatable bonds is 3. The molecule has 1 aromatic carbocycles. The molecule has 1 aromatic rings. The Morgan fingerprint density at radius 3 is 2.74 bits per heavy atom. The summed E-state index contributed by atoms with van der Waals surface area (Å²) in [6.45, 7) is 0.630. The molecule has 1 aliphatic heterocycles. The largest absolute Gasteiger partial charge is 0.493 e. The van der Waals surface area contributed by atoms with E-state index in [2.05, 4.69) is 6.07 Å². The van der Waals surface area contributed by atoms with E-state index in [1.165, 1.54) is 7.11 Å². The van der Waals surface area contributed by atoms with Crippen LogP contribution in [0.25, 0.3) is 0 Å². The van der Waals surface area contributed by atoms with Crippen LogP contribution >= 0.6 is 0 Å². The van der Waals surface area contributed by atoms with E-state index in [4.69, 9.17) is 14.7 Å². The van der Waals surface area contributed by atoms with Crippen LogP contribution in [0.3, 0.4) is 0 Å². The lowest BCUT2D eigenvalue weighted by molar-refractivity contribution is 0.0764. The van der Waals surface area contributed by atoms with E-state index < -0.39 is 0 Å². The van der Waals surface area contributed by atoms with Crippen LogP contribution in [0.5, 0.6) is 11.5 Å². The van der Waals surface area contributed by atoms with E-state index in [-0.39, 0.29) is 11.9 Å². The van der Waals surface area contributed by atoms with Gasteiger partial charge in [0, 0.05) is 12.1 Å². The summed E-state index contributed by atoms with van der Waals surface area (Å²) in [6.07, 6.45) is 1.62. The molecule has 1 amide bonds. The highest BCUT2D eigenvalue weighted by Gasteiger charge is 2.29. The number of benzene rings is 1. The van der Waals surface area contributed by atoms with Crippen molar-refractivity contribution in [2.45, 2.75) is 18.9 Å². The van der Waals surface area contributed by atoms with Gasteiger partial charge in [-0.1, -0.05) is 0 Å². The maximum Gasteiger partial charge on any atom is 0.255 e. The molecular formula is C14H16N2O3. The molecule has 0 radical (unpaired) electrons. The van der Waals surface area contributed by atoms with Crippen molar-refractivity contribution in [1.82, 2.24) is 4.90 Å². The molecule has 0 aliphatic carbocycles. The SMILES string of the molecule is COc1ccc(C(=O)N2CCCC2C#N)cc1OC. The lowest BCUT2D eigenvalue weighted by atomic mass is 10.1. The second-order valence-electron chi connectivity index (χ2n) is 4.36. The fourth-order valence-corrected chi connectivity index (χ4v) is 2.28. The molecule has 0 saturated carbocycles. The number of carbonyl (C=O) groups is 1. The van der Waals surface area contributed by atoms with E-state index in [0.717, 1.165) is 12.8 Å². The summed E-state index contributed by atoms with van der Waals surface area (Å²) < 4.78 is 10.3. The first-order valence-corrected chi connectivity index (χ1v) is 6.14. The lowest BCUT2D eigenvalue weighted by Crippen LogP contribution is -2.34. The predicted molar refractivity (Wildman–Crippen MR) is 69.2 cm³/mol. The molecule has 0 aromatic heterocycles. The van der Waals surface area contributed by atoms with E-state index in [0.29, 0.717) is 23.6 Å². The van der Waals surface area contributed by atoms with Crippen LogP contribution in [0.15, 0.2) is 18.2 Å². The molecule has 1 aliphatic rings. The first kappa shape index (κ1) is 13.2. The van der Waals surface area contributed by atoms with Crippen molar-refractivity contribution in [2.24, 2.45) is 0 Å². The minimum absolute atomic E-state index is 0.134. The summed E-state index contributed by atoms with van der Waals surface area (Å²) in [4.78, 5) is 14.0. The number of nitriles is 1. The lowest BCUT2D eigenvalue weighted by Gasteiger charge is -2.20. The van der Waals surface area contributed by atoms with Gasteiger partial charge < -0.3 is 14.4 Å². The van der Waals surface area contributed by atoms with Gasteiger partial charge in [-0.05, 0) is 31.0 Å². The standard InChI is InChI=1S/C14H16N2O3/c1-18-12-6-5-10(8-13(12)19-2)14(17)16-7-3-4-11(16)9-15/h5-6,8,11H,3-4,7H2,1-2H3. The quantitative estimate of drug-likeness (QED) is 0.831. The minimum Gasteiger partial charge on any atom is -0.493 e. The van der Waals surface area contributed by atoms with Crippen LogP contribution in [-0.4, -0.2) is 37.6 Å². The van der Waals surface area contributed by atoms with Gasteiger partial charge in [-0.3, -0.25) is 4.79 Å². The first-order valence-electron chi connectivity index (χ1n) is 6.14. The van der Waals surface area contributed by atoms with Gasteiger partial charge in [-0.2, -0.15) is 5.26 Å². The fraction of sp³-hybridized carbons (Fsp3) is 0.429. The molecular weight excluding hydrogens is 244 g/mol. The number of likely N-dealkylation sites (tertiary alicyclic amines) is 1. The molecule has 1 heterocycles. The van der Waals surface area contributed by atoms with Gasteiger partial charge >= 0.3 is 0 Å². The molecule has 19 heavy (non-hydrogen) atoms.